The van der Waals surface area contributed by atoms with E-state index in [0.717, 1.165) is 22.0 Å². The minimum atomic E-state index is -0.795. The quantitative estimate of drug-likeness (QED) is 0.752. The molecule has 5 nitrogen and oxygen atoms in total. The van der Waals surface area contributed by atoms with Gasteiger partial charge in [-0.15, -0.1) is 0 Å². The first-order valence-corrected chi connectivity index (χ1v) is 7.94. The van der Waals surface area contributed by atoms with Crippen LogP contribution in [0.1, 0.15) is 11.1 Å². The molecule has 0 aliphatic rings. The summed E-state index contributed by atoms with van der Waals surface area (Å²) in [5, 5.41) is 3.52. The van der Waals surface area contributed by atoms with Gasteiger partial charge in [-0.2, -0.15) is 0 Å². The molecule has 3 rings (SSSR count). The third kappa shape index (κ3) is 4.41. The van der Waals surface area contributed by atoms with Gasteiger partial charge < -0.3 is 10.1 Å². The number of nitrogens with zero attached hydrogens (tertiary/aromatic N) is 1. The Morgan fingerprint density at radius 3 is 2.68 bits per heavy atom. The van der Waals surface area contributed by atoms with Crippen LogP contribution in [0.15, 0.2) is 66.9 Å². The predicted molar refractivity (Wildman–Crippen MR) is 94.7 cm³/mol. The first-order chi connectivity index (χ1) is 12.3. The molecule has 1 unspecified atom stereocenters. The van der Waals surface area contributed by atoms with Crippen LogP contribution in [0, 0.1) is 0 Å². The number of rotatable bonds is 6. The third-order valence-corrected chi connectivity index (χ3v) is 3.79. The van der Waals surface area contributed by atoms with Gasteiger partial charge in [0.2, 0.25) is 6.29 Å². The van der Waals surface area contributed by atoms with Crippen LogP contribution in [-0.2, 0) is 22.6 Å². The number of para-hydroxylation sites is 1. The van der Waals surface area contributed by atoms with E-state index in [0.29, 0.717) is 6.42 Å². The molecule has 1 radical (unpaired) electrons. The van der Waals surface area contributed by atoms with Crippen molar-refractivity contribution in [2.45, 2.75) is 19.1 Å². The van der Waals surface area contributed by atoms with Crippen molar-refractivity contribution in [1.29, 1.82) is 0 Å². The van der Waals surface area contributed by atoms with Crippen LogP contribution < -0.4 is 5.32 Å². The molecule has 1 heterocycles. The maximum atomic E-state index is 11.9. The molecule has 1 N–H and O–H groups in total. The van der Waals surface area contributed by atoms with Gasteiger partial charge in [-0.05, 0) is 17.2 Å². The second-order valence-electron chi connectivity index (χ2n) is 5.57. The topological polar surface area (TPSA) is 68.3 Å². The number of aromatic nitrogens is 1. The molecule has 125 valence electrons. The van der Waals surface area contributed by atoms with Gasteiger partial charge >= 0.3 is 6.09 Å². The van der Waals surface area contributed by atoms with E-state index in [9.17, 15) is 9.59 Å². The molecule has 0 aliphatic heterocycles. The Morgan fingerprint density at radius 1 is 1.08 bits per heavy atom. The van der Waals surface area contributed by atoms with Gasteiger partial charge in [0, 0.05) is 18.0 Å². The minimum Gasteiger partial charge on any atom is -0.445 e. The maximum absolute atomic E-state index is 11.9. The van der Waals surface area contributed by atoms with Crippen molar-refractivity contribution in [3.8, 4) is 0 Å². The van der Waals surface area contributed by atoms with Gasteiger partial charge in [0.25, 0.3) is 0 Å². The summed E-state index contributed by atoms with van der Waals surface area (Å²) < 4.78 is 5.14. The van der Waals surface area contributed by atoms with E-state index >= 15 is 0 Å². The number of fused-ring (bicyclic) bond motifs is 1. The van der Waals surface area contributed by atoms with Crippen molar-refractivity contribution >= 4 is 23.3 Å². The smallest absolute Gasteiger partial charge is 0.408 e. The number of ether oxygens (including phenoxy) is 1. The van der Waals surface area contributed by atoms with E-state index in [1.807, 2.05) is 66.9 Å². The van der Waals surface area contributed by atoms with Crippen LogP contribution in [0.2, 0.25) is 0 Å². The Morgan fingerprint density at radius 2 is 1.88 bits per heavy atom. The van der Waals surface area contributed by atoms with Crippen LogP contribution in [0.25, 0.3) is 10.9 Å². The molecule has 0 fully saturated rings. The average molecular weight is 333 g/mol. The van der Waals surface area contributed by atoms with Crippen LogP contribution in [0.4, 0.5) is 4.79 Å². The van der Waals surface area contributed by atoms with E-state index in [2.05, 4.69) is 10.3 Å². The monoisotopic (exact) mass is 333 g/mol. The Bertz CT molecular complexity index is 860. The number of alkyl carbamates (subject to hydrolysis) is 1. The molecule has 0 saturated carbocycles. The molecule has 0 saturated heterocycles. The molecule has 3 aromatic rings. The number of carbonyl (C=O) groups is 1. The zero-order valence-electron chi connectivity index (χ0n) is 13.5. The first-order valence-electron chi connectivity index (χ1n) is 7.94. The van der Waals surface area contributed by atoms with Crippen molar-refractivity contribution in [2.75, 3.05) is 0 Å². The van der Waals surface area contributed by atoms with E-state index in [4.69, 9.17) is 4.74 Å². The summed E-state index contributed by atoms with van der Waals surface area (Å²) in [4.78, 5) is 27.5. The summed E-state index contributed by atoms with van der Waals surface area (Å²) in [6.45, 7) is 0.147. The predicted octanol–water partition coefficient (Wildman–Crippen LogP) is 3.18. The lowest BCUT2D eigenvalue weighted by molar-refractivity contribution is 0.138. The van der Waals surface area contributed by atoms with Gasteiger partial charge in [0.1, 0.15) is 12.6 Å². The third-order valence-electron chi connectivity index (χ3n) is 3.79. The highest BCUT2D eigenvalue weighted by molar-refractivity contribution is 5.82. The lowest BCUT2D eigenvalue weighted by Gasteiger charge is -2.13. The van der Waals surface area contributed by atoms with Crippen molar-refractivity contribution < 1.29 is 14.3 Å². The SMILES string of the molecule is O=[C]C(Cc1cccc2cccnc12)NC(=O)OCc1ccccc1. The average Bonchev–Trinajstić information content (AvgIpc) is 2.67. The zero-order chi connectivity index (χ0) is 17.5. The summed E-state index contributed by atoms with van der Waals surface area (Å²) in [5.74, 6) is 0. The van der Waals surface area contributed by atoms with Crippen LogP contribution in [0.3, 0.4) is 0 Å². The molecular formula is C20H17N2O3. The van der Waals surface area contributed by atoms with Crippen molar-refractivity contribution in [3.63, 3.8) is 0 Å². The number of amides is 1. The number of pyridine rings is 1. The Labute approximate surface area is 145 Å². The highest BCUT2D eigenvalue weighted by Gasteiger charge is 2.16. The molecule has 0 bridgehead atoms. The Balaban J connectivity index is 1.62. The maximum Gasteiger partial charge on any atom is 0.408 e. The fourth-order valence-corrected chi connectivity index (χ4v) is 2.58. The molecule has 1 amide bonds. The highest BCUT2D eigenvalue weighted by atomic mass is 16.5. The zero-order valence-corrected chi connectivity index (χ0v) is 13.5. The molecule has 1 aromatic heterocycles. The molecular weight excluding hydrogens is 316 g/mol. The van der Waals surface area contributed by atoms with Crippen LogP contribution >= 0.6 is 0 Å². The molecule has 0 aliphatic carbocycles. The second kappa shape index (κ2) is 8.06. The summed E-state index contributed by atoms with van der Waals surface area (Å²) in [7, 11) is 0. The Hall–Kier alpha value is -3.21. The lowest BCUT2D eigenvalue weighted by Crippen LogP contribution is -2.37. The van der Waals surface area contributed by atoms with Crippen molar-refractivity contribution in [1.82, 2.24) is 10.3 Å². The standard InChI is InChI=1S/C20H17N2O3/c23-13-18(22-20(24)25-14-15-6-2-1-3-7-15)12-17-9-4-8-16-10-5-11-21-19(16)17/h1-11,18H,12,14H2,(H,22,24). The first kappa shape index (κ1) is 16.6. The summed E-state index contributed by atoms with van der Waals surface area (Å²) in [6, 6.07) is 18.1. The van der Waals surface area contributed by atoms with Gasteiger partial charge in [-0.25, -0.2) is 4.79 Å². The molecule has 5 heteroatoms. The summed E-state index contributed by atoms with van der Waals surface area (Å²) in [6.07, 6.45) is 3.21. The van der Waals surface area contributed by atoms with Crippen LogP contribution in [-0.4, -0.2) is 23.4 Å². The molecule has 1 atom stereocenters. The number of hydrogen-bond donors (Lipinski definition) is 1. The Kier molecular flexibility index (Phi) is 5.36. The number of benzene rings is 2. The number of carbonyl (C=O) groups excluding carboxylic acids is 2. The van der Waals surface area contributed by atoms with Gasteiger partial charge in [0.15, 0.2) is 0 Å². The van der Waals surface area contributed by atoms with E-state index in [1.54, 1.807) is 6.20 Å². The molecule has 25 heavy (non-hydrogen) atoms. The minimum absolute atomic E-state index is 0.147. The lowest BCUT2D eigenvalue weighted by atomic mass is 10.0. The largest absolute Gasteiger partial charge is 0.445 e. The van der Waals surface area contributed by atoms with Gasteiger partial charge in [-0.1, -0.05) is 54.6 Å². The second-order valence-corrected chi connectivity index (χ2v) is 5.57. The van der Waals surface area contributed by atoms with E-state index < -0.39 is 12.1 Å². The van der Waals surface area contributed by atoms with Gasteiger partial charge in [0.05, 0.1) is 5.52 Å². The normalized spacial score (nSPS) is 11.7. The van der Waals surface area contributed by atoms with E-state index in [1.165, 1.54) is 0 Å². The van der Waals surface area contributed by atoms with Crippen LogP contribution in [0.5, 0.6) is 0 Å². The fraction of sp³-hybridized carbons (Fsp3) is 0.150. The van der Waals surface area contributed by atoms with E-state index in [-0.39, 0.29) is 6.61 Å². The van der Waals surface area contributed by atoms with Crippen molar-refractivity contribution in [3.05, 3.63) is 78.0 Å². The summed E-state index contributed by atoms with van der Waals surface area (Å²) >= 11 is 0. The number of nitrogens with one attached hydrogen (secondary N) is 1. The molecule has 2 aromatic carbocycles. The molecule has 0 spiro atoms. The summed E-state index contributed by atoms with van der Waals surface area (Å²) in [5.41, 5.74) is 2.56. The fourth-order valence-electron chi connectivity index (χ4n) is 2.58. The highest BCUT2D eigenvalue weighted by Crippen LogP contribution is 2.17. The van der Waals surface area contributed by atoms with Gasteiger partial charge in [-0.3, -0.25) is 9.78 Å². The number of hydrogen-bond acceptors (Lipinski definition) is 4. The van der Waals surface area contributed by atoms with Crippen molar-refractivity contribution in [2.24, 2.45) is 0 Å².